The summed E-state index contributed by atoms with van der Waals surface area (Å²) in [5, 5.41) is 9.20. The van der Waals surface area contributed by atoms with Gasteiger partial charge in [0.1, 0.15) is 0 Å². The number of amides is 2. The van der Waals surface area contributed by atoms with Gasteiger partial charge in [0.15, 0.2) is 0 Å². The first-order valence-corrected chi connectivity index (χ1v) is 14.6. The Labute approximate surface area is 244 Å². The van der Waals surface area contributed by atoms with Crippen LogP contribution in [0.1, 0.15) is 83.3 Å². The van der Waals surface area contributed by atoms with Crippen molar-refractivity contribution in [2.45, 2.75) is 91.0 Å². The molecule has 9 nitrogen and oxygen atoms in total. The zero-order valence-electron chi connectivity index (χ0n) is 24.8. The molecule has 0 aliphatic heterocycles. The van der Waals surface area contributed by atoms with Crippen molar-refractivity contribution < 1.29 is 33.8 Å². The van der Waals surface area contributed by atoms with Gasteiger partial charge in [-0.1, -0.05) is 107 Å². The maximum Gasteiger partial charge on any atom is 0.348 e. The molecule has 9 heteroatoms. The summed E-state index contributed by atoms with van der Waals surface area (Å²) in [5.74, 6) is -2.11. The number of aliphatic hydroxyl groups is 1. The molecule has 0 bridgehead atoms. The first-order chi connectivity index (χ1) is 19.8. The molecule has 0 radical (unpaired) electrons. The standard InChI is InChI=1S/C17H25NO4.C15H23NO3/c1-3-5-9-12-17(15(18)19,16(20)21-4-2)22-13-14-10-7-6-8-11-14;1-2-3-5-10-14(11-17)15(18)16-19-12-13-8-6-4-7-9-13/h6-8,10-11H,3-5,9,12-13H2,1-2H3,(H2,18,19);4,6-9,14,17H,2-3,5,10-12H2,1H3,(H,16,18). The van der Waals surface area contributed by atoms with Crippen LogP contribution in [0.5, 0.6) is 0 Å². The van der Waals surface area contributed by atoms with Gasteiger partial charge in [-0.2, -0.15) is 0 Å². The molecule has 0 aromatic heterocycles. The van der Waals surface area contributed by atoms with E-state index in [2.05, 4.69) is 12.4 Å². The third-order valence-corrected chi connectivity index (χ3v) is 6.47. The van der Waals surface area contributed by atoms with E-state index in [9.17, 15) is 19.5 Å². The minimum Gasteiger partial charge on any atom is -0.463 e. The van der Waals surface area contributed by atoms with Gasteiger partial charge in [-0.05, 0) is 37.3 Å². The van der Waals surface area contributed by atoms with E-state index in [1.807, 2.05) is 67.6 Å². The number of carbonyl (C=O) groups excluding carboxylic acids is 3. The highest BCUT2D eigenvalue weighted by Gasteiger charge is 2.47. The Morgan fingerprint density at radius 3 is 1.93 bits per heavy atom. The lowest BCUT2D eigenvalue weighted by molar-refractivity contribution is -0.180. The third-order valence-electron chi connectivity index (χ3n) is 6.47. The number of esters is 1. The van der Waals surface area contributed by atoms with Crippen LogP contribution in [0.25, 0.3) is 0 Å². The lowest BCUT2D eigenvalue weighted by atomic mass is 9.94. The number of unbranched alkanes of at least 4 members (excludes halogenated alkanes) is 4. The van der Waals surface area contributed by atoms with Crippen LogP contribution in [-0.2, 0) is 41.9 Å². The Morgan fingerprint density at radius 2 is 1.41 bits per heavy atom. The topological polar surface area (TPSA) is 137 Å². The molecule has 0 aliphatic rings. The molecule has 0 fully saturated rings. The van der Waals surface area contributed by atoms with Gasteiger partial charge in [0.2, 0.25) is 11.5 Å². The van der Waals surface area contributed by atoms with Crippen LogP contribution in [0.4, 0.5) is 0 Å². The van der Waals surface area contributed by atoms with E-state index < -0.39 is 17.5 Å². The van der Waals surface area contributed by atoms with Gasteiger partial charge in [-0.25, -0.2) is 10.3 Å². The van der Waals surface area contributed by atoms with E-state index in [1.54, 1.807) is 6.92 Å². The summed E-state index contributed by atoms with van der Waals surface area (Å²) in [6.07, 6.45) is 6.60. The zero-order valence-corrected chi connectivity index (χ0v) is 24.8. The van der Waals surface area contributed by atoms with E-state index in [1.165, 1.54) is 0 Å². The fraction of sp³-hybridized carbons (Fsp3) is 0.531. The SMILES string of the molecule is CCCCCC(CO)C(=O)NOCc1ccccc1.CCCCCC(OCc1ccccc1)(C(N)=O)C(=O)OCC. The largest absolute Gasteiger partial charge is 0.463 e. The summed E-state index contributed by atoms with van der Waals surface area (Å²) < 4.78 is 10.7. The van der Waals surface area contributed by atoms with Crippen LogP contribution in [-0.4, -0.2) is 41.7 Å². The highest BCUT2D eigenvalue weighted by atomic mass is 16.7. The third kappa shape index (κ3) is 13.8. The first kappa shape index (κ1) is 35.8. The normalized spacial score (nSPS) is 12.8. The Kier molecular flexibility index (Phi) is 18.7. The average Bonchev–Trinajstić information content (AvgIpc) is 2.98. The Hall–Kier alpha value is -3.27. The minimum atomic E-state index is -1.71. The van der Waals surface area contributed by atoms with E-state index in [4.69, 9.17) is 20.0 Å². The van der Waals surface area contributed by atoms with Crippen molar-refractivity contribution in [3.05, 3.63) is 71.8 Å². The van der Waals surface area contributed by atoms with Gasteiger partial charge in [0, 0.05) is 0 Å². The number of aliphatic hydroxyl groups excluding tert-OH is 1. The zero-order chi connectivity index (χ0) is 30.3. The summed E-state index contributed by atoms with van der Waals surface area (Å²) in [5.41, 5.74) is 8.05. The molecular weight excluding hydrogens is 524 g/mol. The van der Waals surface area contributed by atoms with Crippen LogP contribution in [0.3, 0.4) is 0 Å². The number of nitrogens with one attached hydrogen (secondary N) is 1. The minimum absolute atomic E-state index is 0.134. The summed E-state index contributed by atoms with van der Waals surface area (Å²) in [7, 11) is 0. The second-order valence-electron chi connectivity index (χ2n) is 9.76. The van der Waals surface area contributed by atoms with Gasteiger partial charge < -0.3 is 20.3 Å². The fourth-order valence-electron chi connectivity index (χ4n) is 3.97. The van der Waals surface area contributed by atoms with Crippen LogP contribution in [0.2, 0.25) is 0 Å². The Bertz CT molecular complexity index is 988. The number of benzene rings is 2. The smallest absolute Gasteiger partial charge is 0.348 e. The molecule has 2 aromatic rings. The van der Waals surface area contributed by atoms with Crippen molar-refractivity contribution in [2.75, 3.05) is 13.2 Å². The van der Waals surface area contributed by atoms with Gasteiger partial charge in [0.05, 0.1) is 32.3 Å². The predicted octanol–water partition coefficient (Wildman–Crippen LogP) is 4.99. The van der Waals surface area contributed by atoms with Gasteiger partial charge >= 0.3 is 5.97 Å². The maximum absolute atomic E-state index is 12.3. The van der Waals surface area contributed by atoms with Gasteiger partial charge in [-0.15, -0.1) is 0 Å². The highest BCUT2D eigenvalue weighted by molar-refractivity contribution is 6.05. The molecule has 2 rings (SSSR count). The lowest BCUT2D eigenvalue weighted by Crippen LogP contribution is -2.53. The number of ether oxygens (including phenoxy) is 2. The number of hydrogen-bond donors (Lipinski definition) is 3. The molecule has 0 saturated heterocycles. The molecule has 0 heterocycles. The van der Waals surface area contributed by atoms with Crippen molar-refractivity contribution in [2.24, 2.45) is 11.7 Å². The number of carbonyl (C=O) groups is 3. The van der Waals surface area contributed by atoms with Gasteiger partial charge in [-0.3, -0.25) is 14.4 Å². The monoisotopic (exact) mass is 572 g/mol. The fourth-order valence-corrected chi connectivity index (χ4v) is 3.97. The second-order valence-corrected chi connectivity index (χ2v) is 9.76. The molecule has 4 N–H and O–H groups in total. The Morgan fingerprint density at radius 1 is 0.854 bits per heavy atom. The lowest BCUT2D eigenvalue weighted by Gasteiger charge is -2.28. The number of hydroxylamine groups is 1. The van der Waals surface area contributed by atoms with Crippen molar-refractivity contribution in [3.63, 3.8) is 0 Å². The van der Waals surface area contributed by atoms with Crippen LogP contribution in [0.15, 0.2) is 60.7 Å². The van der Waals surface area contributed by atoms with E-state index in [0.717, 1.165) is 43.2 Å². The predicted molar refractivity (Wildman–Crippen MR) is 158 cm³/mol. The number of hydrogen-bond acceptors (Lipinski definition) is 7. The van der Waals surface area contributed by atoms with Crippen LogP contribution >= 0.6 is 0 Å². The summed E-state index contributed by atoms with van der Waals surface area (Å²) in [6, 6.07) is 19.0. The summed E-state index contributed by atoms with van der Waals surface area (Å²) in [6.45, 7) is 6.35. The summed E-state index contributed by atoms with van der Waals surface area (Å²) in [4.78, 5) is 41.1. The highest BCUT2D eigenvalue weighted by Crippen LogP contribution is 2.24. The quantitative estimate of drug-likeness (QED) is 0.0933. The van der Waals surface area contributed by atoms with Crippen LogP contribution < -0.4 is 11.2 Å². The van der Waals surface area contributed by atoms with Gasteiger partial charge in [0.25, 0.3) is 5.91 Å². The van der Waals surface area contributed by atoms with E-state index >= 15 is 0 Å². The van der Waals surface area contributed by atoms with E-state index in [-0.39, 0.29) is 38.1 Å². The van der Waals surface area contributed by atoms with Crippen molar-refractivity contribution in [1.29, 1.82) is 0 Å². The second kappa shape index (κ2) is 21.5. The maximum atomic E-state index is 12.3. The molecule has 2 amide bonds. The molecule has 2 atom stereocenters. The van der Waals surface area contributed by atoms with Crippen LogP contribution in [0, 0.1) is 5.92 Å². The molecule has 2 aromatic carbocycles. The molecule has 0 saturated carbocycles. The molecular formula is C32H48N2O7. The van der Waals surface area contributed by atoms with Crippen molar-refractivity contribution in [3.8, 4) is 0 Å². The first-order valence-electron chi connectivity index (χ1n) is 14.6. The number of nitrogens with two attached hydrogens (primary N) is 1. The van der Waals surface area contributed by atoms with E-state index in [0.29, 0.717) is 19.4 Å². The van der Waals surface area contributed by atoms with Crippen molar-refractivity contribution >= 4 is 17.8 Å². The Balaban J connectivity index is 0.000000414. The average molecular weight is 573 g/mol. The molecule has 2 unspecified atom stereocenters. The summed E-state index contributed by atoms with van der Waals surface area (Å²) >= 11 is 0. The number of primary amides is 1. The number of rotatable bonds is 19. The molecule has 0 aliphatic carbocycles. The molecule has 228 valence electrons. The van der Waals surface area contributed by atoms with Crippen molar-refractivity contribution in [1.82, 2.24) is 5.48 Å². The molecule has 0 spiro atoms. The molecule has 41 heavy (non-hydrogen) atoms.